The number of anilines is 2. The molecule has 0 aliphatic carbocycles. The van der Waals surface area contributed by atoms with Crippen molar-refractivity contribution < 1.29 is 13.6 Å². The first-order valence-electron chi connectivity index (χ1n) is 7.98. The number of aromatic nitrogens is 2. The molecule has 0 unspecified atom stereocenters. The zero-order valence-electron chi connectivity index (χ0n) is 13.7. The molecule has 0 bridgehead atoms. The molecule has 0 saturated carbocycles. The summed E-state index contributed by atoms with van der Waals surface area (Å²) in [5.41, 5.74) is 0.905. The Balaban J connectivity index is 1.61. The summed E-state index contributed by atoms with van der Waals surface area (Å²) in [4.78, 5) is 20.1. The van der Waals surface area contributed by atoms with Gasteiger partial charge in [0.1, 0.15) is 29.5 Å². The smallest absolute Gasteiger partial charge is 0.270 e. The highest BCUT2D eigenvalue weighted by molar-refractivity contribution is 5.92. The van der Waals surface area contributed by atoms with Gasteiger partial charge < -0.3 is 10.6 Å². The summed E-state index contributed by atoms with van der Waals surface area (Å²) in [6.07, 6.45) is 1.58. The van der Waals surface area contributed by atoms with E-state index in [-0.39, 0.29) is 23.7 Å². The lowest BCUT2D eigenvalue weighted by Gasteiger charge is -2.08. The molecule has 26 heavy (non-hydrogen) atoms. The normalized spacial score (nSPS) is 10.4. The third-order valence-electron chi connectivity index (χ3n) is 3.67. The van der Waals surface area contributed by atoms with Crippen molar-refractivity contribution in [1.82, 2.24) is 15.3 Å². The molecule has 132 valence electrons. The average Bonchev–Trinajstić information content (AvgIpc) is 2.65. The first kappa shape index (κ1) is 17.5. The van der Waals surface area contributed by atoms with Crippen LogP contribution in [0.1, 0.15) is 16.1 Å². The molecular formula is C19H16F2N4O. The molecule has 2 aromatic carbocycles. The van der Waals surface area contributed by atoms with Gasteiger partial charge in [-0.25, -0.2) is 18.7 Å². The molecule has 0 aliphatic heterocycles. The van der Waals surface area contributed by atoms with E-state index in [4.69, 9.17) is 0 Å². The highest BCUT2D eigenvalue weighted by atomic mass is 19.1. The lowest BCUT2D eigenvalue weighted by molar-refractivity contribution is 0.0949. The number of carbonyl (C=O) groups is 1. The fourth-order valence-electron chi connectivity index (χ4n) is 2.35. The Morgan fingerprint density at radius 1 is 0.962 bits per heavy atom. The summed E-state index contributed by atoms with van der Waals surface area (Å²) in [6, 6.07) is 14.0. The van der Waals surface area contributed by atoms with Crippen LogP contribution in [-0.2, 0) is 6.42 Å². The first-order valence-corrected chi connectivity index (χ1v) is 7.98. The molecule has 0 atom stereocenters. The van der Waals surface area contributed by atoms with Gasteiger partial charge in [0.25, 0.3) is 5.91 Å². The molecule has 0 fully saturated rings. The Morgan fingerprint density at radius 2 is 1.69 bits per heavy atom. The van der Waals surface area contributed by atoms with Crippen LogP contribution in [0, 0.1) is 11.6 Å². The van der Waals surface area contributed by atoms with E-state index in [1.807, 2.05) is 0 Å². The molecular weight excluding hydrogens is 338 g/mol. The van der Waals surface area contributed by atoms with Crippen LogP contribution in [-0.4, -0.2) is 22.4 Å². The van der Waals surface area contributed by atoms with Crippen molar-refractivity contribution in [3.05, 3.63) is 83.8 Å². The van der Waals surface area contributed by atoms with Crippen molar-refractivity contribution in [2.45, 2.75) is 6.42 Å². The lowest BCUT2D eigenvalue weighted by atomic mass is 10.1. The second kappa shape index (κ2) is 8.15. The fraction of sp³-hybridized carbons (Fsp3) is 0.105. The minimum absolute atomic E-state index is 0.132. The number of nitrogens with one attached hydrogen (secondary N) is 2. The molecule has 1 amide bonds. The van der Waals surface area contributed by atoms with E-state index in [2.05, 4.69) is 20.6 Å². The van der Waals surface area contributed by atoms with Crippen LogP contribution in [0.25, 0.3) is 0 Å². The Hall–Kier alpha value is -3.35. The van der Waals surface area contributed by atoms with Crippen LogP contribution < -0.4 is 10.6 Å². The number of amides is 1. The highest BCUT2D eigenvalue weighted by Crippen LogP contribution is 2.17. The maximum atomic E-state index is 13.7. The van der Waals surface area contributed by atoms with E-state index in [0.717, 1.165) is 0 Å². The number of rotatable bonds is 6. The van der Waals surface area contributed by atoms with Gasteiger partial charge in [0.05, 0.1) is 5.69 Å². The van der Waals surface area contributed by atoms with Crippen molar-refractivity contribution in [3.63, 3.8) is 0 Å². The zero-order valence-corrected chi connectivity index (χ0v) is 13.7. The predicted molar refractivity (Wildman–Crippen MR) is 94.2 cm³/mol. The van der Waals surface area contributed by atoms with E-state index in [9.17, 15) is 13.6 Å². The summed E-state index contributed by atoms with van der Waals surface area (Å²) >= 11 is 0. The second-order valence-electron chi connectivity index (χ2n) is 5.49. The minimum atomic E-state index is -0.429. The second-order valence-corrected chi connectivity index (χ2v) is 5.49. The number of carbonyl (C=O) groups excluding carboxylic acids is 1. The average molecular weight is 354 g/mol. The van der Waals surface area contributed by atoms with E-state index < -0.39 is 11.7 Å². The van der Waals surface area contributed by atoms with Crippen LogP contribution in [0.3, 0.4) is 0 Å². The quantitative estimate of drug-likeness (QED) is 0.711. The molecule has 0 saturated heterocycles. The molecule has 3 rings (SSSR count). The molecule has 3 aromatic rings. The maximum absolute atomic E-state index is 13.7. The fourth-order valence-corrected chi connectivity index (χ4v) is 2.35. The zero-order chi connectivity index (χ0) is 18.4. The van der Waals surface area contributed by atoms with Gasteiger partial charge in [0.2, 0.25) is 0 Å². The molecule has 7 heteroatoms. The maximum Gasteiger partial charge on any atom is 0.270 e. The van der Waals surface area contributed by atoms with Gasteiger partial charge in [0.15, 0.2) is 0 Å². The largest absolute Gasteiger partial charge is 0.350 e. The standard InChI is InChI=1S/C19H16F2N4O/c20-14-6-2-1-5-13(14)9-10-22-19(26)17-11-18(24-12-23-17)25-16-8-4-3-7-15(16)21/h1-8,11-12H,9-10H2,(H,22,26)(H,23,24,25). The van der Waals surface area contributed by atoms with Gasteiger partial charge in [-0.1, -0.05) is 30.3 Å². The number of hydrogen-bond acceptors (Lipinski definition) is 4. The molecule has 0 aliphatic rings. The van der Waals surface area contributed by atoms with Crippen molar-refractivity contribution in [2.75, 3.05) is 11.9 Å². The van der Waals surface area contributed by atoms with Crippen molar-refractivity contribution in [2.24, 2.45) is 0 Å². The monoisotopic (exact) mass is 354 g/mol. The van der Waals surface area contributed by atoms with E-state index in [1.165, 1.54) is 24.5 Å². The minimum Gasteiger partial charge on any atom is -0.350 e. The van der Waals surface area contributed by atoms with E-state index in [1.54, 1.807) is 36.4 Å². The Labute approximate surface area is 149 Å². The lowest BCUT2D eigenvalue weighted by Crippen LogP contribution is -2.26. The molecule has 0 spiro atoms. The van der Waals surface area contributed by atoms with Crippen molar-refractivity contribution >= 4 is 17.4 Å². The third-order valence-corrected chi connectivity index (χ3v) is 3.67. The van der Waals surface area contributed by atoms with Crippen molar-refractivity contribution in [3.8, 4) is 0 Å². The van der Waals surface area contributed by atoms with Gasteiger partial charge in [-0.15, -0.1) is 0 Å². The van der Waals surface area contributed by atoms with Crippen LogP contribution in [0.15, 0.2) is 60.9 Å². The van der Waals surface area contributed by atoms with Crippen LogP contribution in [0.2, 0.25) is 0 Å². The van der Waals surface area contributed by atoms with E-state index >= 15 is 0 Å². The summed E-state index contributed by atoms with van der Waals surface area (Å²) in [5, 5.41) is 5.48. The van der Waals surface area contributed by atoms with E-state index in [0.29, 0.717) is 17.8 Å². The van der Waals surface area contributed by atoms with Crippen LogP contribution in [0.5, 0.6) is 0 Å². The predicted octanol–water partition coefficient (Wildman–Crippen LogP) is 3.47. The van der Waals surface area contributed by atoms with Gasteiger partial charge in [-0.05, 0) is 30.2 Å². The molecule has 1 heterocycles. The molecule has 1 aromatic heterocycles. The summed E-state index contributed by atoms with van der Waals surface area (Å²) in [5.74, 6) is -0.855. The number of benzene rings is 2. The topological polar surface area (TPSA) is 66.9 Å². The molecule has 2 N–H and O–H groups in total. The van der Waals surface area contributed by atoms with Crippen LogP contribution >= 0.6 is 0 Å². The number of para-hydroxylation sites is 1. The van der Waals surface area contributed by atoms with Crippen molar-refractivity contribution in [1.29, 1.82) is 0 Å². The van der Waals surface area contributed by atoms with Crippen LogP contribution in [0.4, 0.5) is 20.3 Å². The number of hydrogen-bond donors (Lipinski definition) is 2. The Morgan fingerprint density at radius 3 is 2.46 bits per heavy atom. The number of nitrogens with zero attached hydrogens (tertiary/aromatic N) is 2. The van der Waals surface area contributed by atoms with Gasteiger partial charge in [0, 0.05) is 12.6 Å². The summed E-state index contributed by atoms with van der Waals surface area (Å²) < 4.78 is 27.2. The first-order chi connectivity index (χ1) is 12.6. The number of halogens is 2. The molecule has 0 radical (unpaired) electrons. The SMILES string of the molecule is O=C(NCCc1ccccc1F)c1cc(Nc2ccccc2F)ncn1. The third kappa shape index (κ3) is 4.38. The van der Waals surface area contributed by atoms with Gasteiger partial charge >= 0.3 is 0 Å². The molecule has 5 nitrogen and oxygen atoms in total. The van der Waals surface area contributed by atoms with Gasteiger partial charge in [-0.2, -0.15) is 0 Å². The Bertz CT molecular complexity index is 917. The van der Waals surface area contributed by atoms with Gasteiger partial charge in [-0.3, -0.25) is 4.79 Å². The summed E-state index contributed by atoms with van der Waals surface area (Å²) in [6.45, 7) is 0.264. The highest BCUT2D eigenvalue weighted by Gasteiger charge is 2.10. The summed E-state index contributed by atoms with van der Waals surface area (Å²) in [7, 11) is 0. The Kier molecular flexibility index (Phi) is 5.48.